The van der Waals surface area contributed by atoms with E-state index in [2.05, 4.69) is 5.32 Å². The average molecular weight is 284 g/mol. The van der Waals surface area contributed by atoms with Gasteiger partial charge in [-0.1, -0.05) is 0 Å². The van der Waals surface area contributed by atoms with Crippen LogP contribution in [0.25, 0.3) is 0 Å². The van der Waals surface area contributed by atoms with Crippen LogP contribution >= 0.6 is 0 Å². The van der Waals surface area contributed by atoms with Crippen LogP contribution in [0.1, 0.15) is 46.5 Å². The van der Waals surface area contributed by atoms with E-state index in [1.54, 1.807) is 20.8 Å². The minimum Gasteiger partial charge on any atom is -0.444 e. The number of hydrogen-bond donors (Lipinski definition) is 2. The van der Waals surface area contributed by atoms with Gasteiger partial charge in [0.05, 0.1) is 12.6 Å². The molecule has 2 amide bonds. The number of ether oxygens (including phenoxy) is 1. The highest BCUT2D eigenvalue weighted by molar-refractivity contribution is 5.86. The second-order valence-corrected chi connectivity index (χ2v) is 6.67. The summed E-state index contributed by atoms with van der Waals surface area (Å²) in [6, 6.07) is -0.402. The lowest BCUT2D eigenvalue weighted by Gasteiger charge is -2.31. The molecule has 0 unspecified atom stereocenters. The Labute approximate surface area is 119 Å². The molecule has 2 atom stereocenters. The summed E-state index contributed by atoms with van der Waals surface area (Å²) >= 11 is 0. The predicted octanol–water partition coefficient (Wildman–Crippen LogP) is 1.03. The van der Waals surface area contributed by atoms with Crippen LogP contribution in [0.3, 0.4) is 0 Å². The number of likely N-dealkylation sites (tertiary alicyclic amines) is 1. The summed E-state index contributed by atoms with van der Waals surface area (Å²) in [7, 11) is 0. The number of hydrogen-bond acceptors (Lipinski definition) is 4. The molecule has 0 aromatic carbocycles. The Bertz CT molecular complexity index is 387. The quantitative estimate of drug-likeness (QED) is 0.793. The van der Waals surface area contributed by atoms with Gasteiger partial charge in [-0.05, 0) is 40.0 Å². The molecule has 114 valence electrons. The van der Waals surface area contributed by atoms with Gasteiger partial charge in [0.2, 0.25) is 5.91 Å². The van der Waals surface area contributed by atoms with Crippen LogP contribution in [0.15, 0.2) is 0 Å². The normalized spacial score (nSPS) is 27.1. The first-order chi connectivity index (χ1) is 9.26. The van der Waals surface area contributed by atoms with Gasteiger partial charge in [-0.2, -0.15) is 0 Å². The SMILES string of the molecule is CC(C)(C)OC(=O)N1C[C@@H](O)C[C@H]1C(=O)NC1CCC1. The molecule has 0 spiro atoms. The fourth-order valence-corrected chi connectivity index (χ4v) is 2.43. The second-order valence-electron chi connectivity index (χ2n) is 6.67. The fraction of sp³-hybridized carbons (Fsp3) is 0.857. The zero-order chi connectivity index (χ0) is 14.9. The topological polar surface area (TPSA) is 78.9 Å². The van der Waals surface area contributed by atoms with Gasteiger partial charge in [-0.3, -0.25) is 9.69 Å². The van der Waals surface area contributed by atoms with Gasteiger partial charge in [0.1, 0.15) is 11.6 Å². The van der Waals surface area contributed by atoms with Gasteiger partial charge in [0.15, 0.2) is 0 Å². The maximum atomic E-state index is 12.2. The Kier molecular flexibility index (Phi) is 4.22. The lowest BCUT2D eigenvalue weighted by molar-refractivity contribution is -0.126. The number of rotatable bonds is 2. The summed E-state index contributed by atoms with van der Waals surface area (Å²) in [5.74, 6) is -0.183. The van der Waals surface area contributed by atoms with Crippen LogP contribution in [0, 0.1) is 0 Å². The molecular weight excluding hydrogens is 260 g/mol. The lowest BCUT2D eigenvalue weighted by Crippen LogP contribution is -2.51. The van der Waals surface area contributed by atoms with E-state index < -0.39 is 23.8 Å². The van der Waals surface area contributed by atoms with Crippen LogP contribution in [0.4, 0.5) is 4.79 Å². The summed E-state index contributed by atoms with van der Waals surface area (Å²) in [6.07, 6.45) is 2.19. The molecule has 0 aromatic heterocycles. The second kappa shape index (κ2) is 5.60. The van der Waals surface area contributed by atoms with Gasteiger partial charge >= 0.3 is 6.09 Å². The van der Waals surface area contributed by atoms with Crippen molar-refractivity contribution < 1.29 is 19.4 Å². The number of aliphatic hydroxyl groups is 1. The number of carbonyl (C=O) groups excluding carboxylic acids is 2. The van der Waals surface area contributed by atoms with E-state index in [1.165, 1.54) is 4.90 Å². The Morgan fingerprint density at radius 2 is 1.95 bits per heavy atom. The first-order valence-electron chi connectivity index (χ1n) is 7.24. The zero-order valence-electron chi connectivity index (χ0n) is 12.4. The molecule has 2 rings (SSSR count). The van der Waals surface area contributed by atoms with Gasteiger partial charge in [0.25, 0.3) is 0 Å². The number of nitrogens with one attached hydrogen (secondary N) is 1. The van der Waals surface area contributed by atoms with Crippen molar-refractivity contribution in [3.05, 3.63) is 0 Å². The summed E-state index contributed by atoms with van der Waals surface area (Å²) in [5, 5.41) is 12.7. The van der Waals surface area contributed by atoms with Gasteiger partial charge in [-0.25, -0.2) is 4.79 Å². The monoisotopic (exact) mass is 284 g/mol. The Hall–Kier alpha value is -1.30. The standard InChI is InChI=1S/C14H24N2O4/c1-14(2,3)20-13(19)16-8-10(17)7-11(16)12(18)15-9-5-4-6-9/h9-11,17H,4-8H2,1-3H3,(H,15,18)/t10-,11-/m0/s1. The molecule has 6 nitrogen and oxygen atoms in total. The molecule has 2 N–H and O–H groups in total. The van der Waals surface area contributed by atoms with E-state index in [0.717, 1.165) is 19.3 Å². The highest BCUT2D eigenvalue weighted by Crippen LogP contribution is 2.23. The van der Waals surface area contributed by atoms with Gasteiger partial charge < -0.3 is 15.2 Å². The molecule has 2 fully saturated rings. The molecule has 0 bridgehead atoms. The van der Waals surface area contributed by atoms with Gasteiger partial charge in [-0.15, -0.1) is 0 Å². The van der Waals surface area contributed by atoms with E-state index in [4.69, 9.17) is 4.74 Å². The molecule has 0 radical (unpaired) electrons. The molecule has 1 saturated heterocycles. The molecule has 1 aliphatic heterocycles. The largest absolute Gasteiger partial charge is 0.444 e. The summed E-state index contributed by atoms with van der Waals surface area (Å²) in [6.45, 7) is 5.49. The molecule has 20 heavy (non-hydrogen) atoms. The number of aliphatic hydroxyl groups excluding tert-OH is 1. The van der Waals surface area contributed by atoms with Crippen LogP contribution in [-0.2, 0) is 9.53 Å². The number of carbonyl (C=O) groups is 2. The van der Waals surface area contributed by atoms with Crippen LogP contribution < -0.4 is 5.32 Å². The molecule has 0 aromatic rings. The molecule has 1 heterocycles. The molecule has 6 heteroatoms. The van der Waals surface area contributed by atoms with E-state index in [9.17, 15) is 14.7 Å². The first-order valence-corrected chi connectivity index (χ1v) is 7.24. The summed E-state index contributed by atoms with van der Waals surface area (Å²) < 4.78 is 5.29. The van der Waals surface area contributed by atoms with E-state index >= 15 is 0 Å². The van der Waals surface area contributed by atoms with Crippen molar-refractivity contribution in [1.82, 2.24) is 10.2 Å². The Balaban J connectivity index is 1.98. The predicted molar refractivity (Wildman–Crippen MR) is 73.1 cm³/mol. The van der Waals surface area contributed by atoms with Crippen LogP contribution in [0.5, 0.6) is 0 Å². The minimum atomic E-state index is -0.667. The number of amides is 2. The molecule has 2 aliphatic rings. The van der Waals surface area contributed by atoms with Crippen molar-refractivity contribution in [3.8, 4) is 0 Å². The van der Waals surface area contributed by atoms with Gasteiger partial charge in [0, 0.05) is 12.5 Å². The number of nitrogens with zero attached hydrogens (tertiary/aromatic N) is 1. The van der Waals surface area contributed by atoms with Crippen LogP contribution in [-0.4, -0.2) is 52.3 Å². The highest BCUT2D eigenvalue weighted by Gasteiger charge is 2.41. The smallest absolute Gasteiger partial charge is 0.411 e. The lowest BCUT2D eigenvalue weighted by atomic mass is 9.93. The summed E-state index contributed by atoms with van der Waals surface area (Å²) in [5.41, 5.74) is -0.611. The third kappa shape index (κ3) is 3.62. The third-order valence-corrected chi connectivity index (χ3v) is 3.66. The maximum absolute atomic E-state index is 12.2. The van der Waals surface area contributed by atoms with Crippen LogP contribution in [0.2, 0.25) is 0 Å². The molecule has 1 saturated carbocycles. The van der Waals surface area contributed by atoms with E-state index in [1.807, 2.05) is 0 Å². The highest BCUT2D eigenvalue weighted by atomic mass is 16.6. The fourth-order valence-electron chi connectivity index (χ4n) is 2.43. The van der Waals surface area contributed by atoms with Crippen molar-refractivity contribution >= 4 is 12.0 Å². The Morgan fingerprint density at radius 3 is 2.45 bits per heavy atom. The maximum Gasteiger partial charge on any atom is 0.411 e. The first kappa shape index (κ1) is 15.1. The van der Waals surface area contributed by atoms with Crippen molar-refractivity contribution in [1.29, 1.82) is 0 Å². The third-order valence-electron chi connectivity index (χ3n) is 3.66. The minimum absolute atomic E-state index is 0.150. The molecule has 1 aliphatic carbocycles. The average Bonchev–Trinajstić information content (AvgIpc) is 2.63. The Morgan fingerprint density at radius 1 is 1.30 bits per heavy atom. The summed E-state index contributed by atoms with van der Waals surface area (Å²) in [4.78, 5) is 25.6. The van der Waals surface area contributed by atoms with Crippen molar-refractivity contribution in [2.45, 2.75) is 70.2 Å². The van der Waals surface area contributed by atoms with E-state index in [-0.39, 0.29) is 24.9 Å². The van der Waals surface area contributed by atoms with Crippen molar-refractivity contribution in [2.75, 3.05) is 6.54 Å². The van der Waals surface area contributed by atoms with E-state index in [0.29, 0.717) is 0 Å². The van der Waals surface area contributed by atoms with Crippen molar-refractivity contribution in [3.63, 3.8) is 0 Å². The molecular formula is C14H24N2O4. The zero-order valence-corrected chi connectivity index (χ0v) is 12.4. The van der Waals surface area contributed by atoms with Crippen molar-refractivity contribution in [2.24, 2.45) is 0 Å². The number of β-amino-alcohol motifs (C(OH)–C–C–N with tert-alkyl or cyclic N) is 1.